The minimum atomic E-state index is -1.76. The van der Waals surface area contributed by atoms with Gasteiger partial charge in [0, 0.05) is 26.7 Å². The maximum Gasteiger partial charge on any atom is 0.327 e. The van der Waals surface area contributed by atoms with Crippen molar-refractivity contribution in [2.75, 3.05) is 20.8 Å². The summed E-state index contributed by atoms with van der Waals surface area (Å²) in [5.41, 5.74) is 0.254. The zero-order valence-corrected chi connectivity index (χ0v) is 12.5. The Kier molecular flexibility index (Phi) is 4.58. The minimum Gasteiger partial charge on any atom is -0.466 e. The monoisotopic (exact) mass is 270 g/mol. The van der Waals surface area contributed by atoms with Gasteiger partial charge in [0.25, 0.3) is 0 Å². The van der Waals surface area contributed by atoms with Crippen molar-refractivity contribution in [2.24, 2.45) is 17.8 Å². The van der Waals surface area contributed by atoms with Crippen molar-refractivity contribution >= 4 is 15.3 Å². The summed E-state index contributed by atoms with van der Waals surface area (Å²) in [5.74, 6) is 1.66. The van der Waals surface area contributed by atoms with Gasteiger partial charge < -0.3 is 13.6 Å². The average Bonchev–Trinajstić information content (AvgIpc) is 2.96. The largest absolute Gasteiger partial charge is 0.466 e. The Labute approximate surface area is 110 Å². The van der Waals surface area contributed by atoms with Crippen LogP contribution in [0.5, 0.6) is 0 Å². The van der Waals surface area contributed by atoms with Crippen LogP contribution in [0.2, 0.25) is 5.54 Å². The Morgan fingerprint density at radius 1 is 1.33 bits per heavy atom. The smallest absolute Gasteiger partial charge is 0.327 e. The first-order chi connectivity index (χ1) is 8.65. The molecule has 0 N–H and O–H groups in total. The van der Waals surface area contributed by atoms with E-state index in [0.29, 0.717) is 24.4 Å². The summed E-state index contributed by atoms with van der Waals surface area (Å²) in [4.78, 5) is 11.0. The van der Waals surface area contributed by atoms with E-state index >= 15 is 0 Å². The minimum absolute atomic E-state index is 0.223. The van der Waals surface area contributed by atoms with Gasteiger partial charge in [0.05, 0.1) is 6.61 Å². The van der Waals surface area contributed by atoms with E-state index in [4.69, 9.17) is 13.6 Å². The van der Waals surface area contributed by atoms with Gasteiger partial charge >= 0.3 is 15.3 Å². The fourth-order valence-corrected chi connectivity index (χ4v) is 5.37. The summed E-state index contributed by atoms with van der Waals surface area (Å²) in [5, 5.41) is 0. The van der Waals surface area contributed by atoms with E-state index in [2.05, 4.69) is 12.2 Å². The van der Waals surface area contributed by atoms with Gasteiger partial charge in [-0.05, 0) is 30.6 Å². The van der Waals surface area contributed by atoms with Crippen molar-refractivity contribution < 1.29 is 18.4 Å². The molecule has 2 bridgehead atoms. The number of rotatable bonds is 6. The second-order valence-corrected chi connectivity index (χ2v) is 7.79. The number of esters is 1. The molecule has 4 unspecified atom stereocenters. The van der Waals surface area contributed by atoms with Crippen LogP contribution in [0.1, 0.15) is 19.8 Å². The molecule has 2 aliphatic carbocycles. The van der Waals surface area contributed by atoms with Crippen molar-refractivity contribution in [3.63, 3.8) is 0 Å². The molecule has 2 rings (SSSR count). The van der Waals surface area contributed by atoms with Crippen molar-refractivity contribution in [1.29, 1.82) is 0 Å². The first kappa shape index (κ1) is 13.8. The first-order valence-corrected chi connectivity index (χ1v) is 8.14. The quantitative estimate of drug-likeness (QED) is 0.418. The number of hydrogen-bond acceptors (Lipinski definition) is 4. The third-order valence-corrected chi connectivity index (χ3v) is 6.49. The van der Waals surface area contributed by atoms with Crippen LogP contribution in [0.3, 0.4) is 0 Å². The lowest BCUT2D eigenvalue weighted by Crippen LogP contribution is -2.36. The number of fused-ring (bicyclic) bond motifs is 2. The second kappa shape index (κ2) is 5.99. The Morgan fingerprint density at radius 3 is 2.50 bits per heavy atom. The van der Waals surface area contributed by atoms with E-state index in [-0.39, 0.29) is 11.5 Å². The lowest BCUT2D eigenvalue weighted by Gasteiger charge is -2.31. The average molecular weight is 270 g/mol. The molecule has 0 aromatic rings. The predicted molar refractivity (Wildman–Crippen MR) is 70.4 cm³/mol. The maximum atomic E-state index is 11.0. The molecule has 5 heteroatoms. The molecule has 0 radical (unpaired) electrons. The molecular formula is C13H22O4Si. The summed E-state index contributed by atoms with van der Waals surface area (Å²) < 4.78 is 16.3. The van der Waals surface area contributed by atoms with Gasteiger partial charge in [0.1, 0.15) is 0 Å². The van der Waals surface area contributed by atoms with Crippen molar-refractivity contribution in [2.45, 2.75) is 25.3 Å². The Morgan fingerprint density at radius 2 is 2.06 bits per heavy atom. The van der Waals surface area contributed by atoms with Crippen molar-refractivity contribution in [3.8, 4) is 0 Å². The fourth-order valence-electron chi connectivity index (χ4n) is 3.38. The Hall–Kier alpha value is -0.653. The number of ether oxygens (including phenoxy) is 1. The van der Waals surface area contributed by atoms with Gasteiger partial charge in [-0.1, -0.05) is 12.2 Å². The zero-order valence-electron chi connectivity index (χ0n) is 11.3. The third-order valence-electron chi connectivity index (χ3n) is 4.17. The normalized spacial score (nSPS) is 31.0. The number of carbonyl (C=O) groups excluding carboxylic acids is 1. The zero-order chi connectivity index (χ0) is 13.1. The standard InChI is InChI=1S/C13H22O4Si/c1-9(14)17-8-13(18(15-2)16-3)12-7-10-4-5-11(12)6-10/h4-5,10-13,18H,6-8H2,1-3H3. The Bertz CT molecular complexity index is 327. The topological polar surface area (TPSA) is 44.8 Å². The summed E-state index contributed by atoms with van der Waals surface area (Å²) in [7, 11) is 1.64. The molecule has 0 heterocycles. The van der Waals surface area contributed by atoms with Crippen LogP contribution in [0.25, 0.3) is 0 Å². The van der Waals surface area contributed by atoms with Gasteiger partial charge in [-0.25, -0.2) is 0 Å². The van der Waals surface area contributed by atoms with Gasteiger partial charge in [-0.3, -0.25) is 4.79 Å². The number of hydrogen-bond donors (Lipinski definition) is 0. The lowest BCUT2D eigenvalue weighted by molar-refractivity contribution is -0.141. The molecule has 0 spiro atoms. The van der Waals surface area contributed by atoms with E-state index in [1.165, 1.54) is 19.8 Å². The highest BCUT2D eigenvalue weighted by Crippen LogP contribution is 2.49. The molecule has 1 saturated carbocycles. The van der Waals surface area contributed by atoms with E-state index in [0.717, 1.165) is 0 Å². The lowest BCUT2D eigenvalue weighted by atomic mass is 9.90. The predicted octanol–water partition coefficient (Wildman–Crippen LogP) is 1.65. The maximum absolute atomic E-state index is 11.0. The molecular weight excluding hydrogens is 248 g/mol. The first-order valence-electron chi connectivity index (χ1n) is 6.53. The van der Waals surface area contributed by atoms with Gasteiger partial charge in [-0.2, -0.15) is 0 Å². The van der Waals surface area contributed by atoms with Gasteiger partial charge in [-0.15, -0.1) is 0 Å². The summed E-state index contributed by atoms with van der Waals surface area (Å²) in [6, 6.07) is 0. The molecule has 1 fully saturated rings. The molecule has 4 atom stereocenters. The summed E-state index contributed by atoms with van der Waals surface area (Å²) in [6.45, 7) is 1.89. The van der Waals surface area contributed by atoms with Crippen LogP contribution < -0.4 is 0 Å². The van der Waals surface area contributed by atoms with Gasteiger partial charge in [0.15, 0.2) is 0 Å². The number of allylic oxidation sites excluding steroid dienone is 2. The second-order valence-electron chi connectivity index (χ2n) is 5.25. The fraction of sp³-hybridized carbons (Fsp3) is 0.769. The highest BCUT2D eigenvalue weighted by molar-refractivity contribution is 6.46. The Balaban J connectivity index is 2.03. The van der Waals surface area contributed by atoms with E-state index in [1.54, 1.807) is 14.2 Å². The van der Waals surface area contributed by atoms with Crippen LogP contribution in [0.4, 0.5) is 0 Å². The van der Waals surface area contributed by atoms with E-state index in [1.807, 2.05) is 0 Å². The summed E-state index contributed by atoms with van der Waals surface area (Å²) >= 11 is 0. The van der Waals surface area contributed by atoms with Crippen molar-refractivity contribution in [3.05, 3.63) is 12.2 Å². The molecule has 0 aromatic heterocycles. The SMILES string of the molecule is CO[SiH](OC)C(COC(C)=O)C1CC2C=CC1C2. The third kappa shape index (κ3) is 2.84. The molecule has 0 aliphatic heterocycles. The van der Waals surface area contributed by atoms with Crippen LogP contribution in [0, 0.1) is 17.8 Å². The molecule has 0 amide bonds. The van der Waals surface area contributed by atoms with Crippen LogP contribution in [-0.4, -0.2) is 36.1 Å². The highest BCUT2D eigenvalue weighted by atomic mass is 28.3. The number of carbonyl (C=O) groups is 1. The van der Waals surface area contributed by atoms with Crippen molar-refractivity contribution in [1.82, 2.24) is 0 Å². The van der Waals surface area contributed by atoms with Crippen LogP contribution >= 0.6 is 0 Å². The van der Waals surface area contributed by atoms with E-state index in [9.17, 15) is 4.79 Å². The molecule has 0 saturated heterocycles. The molecule has 2 aliphatic rings. The van der Waals surface area contributed by atoms with Gasteiger partial charge in [0.2, 0.25) is 0 Å². The molecule has 18 heavy (non-hydrogen) atoms. The van der Waals surface area contributed by atoms with Crippen LogP contribution in [-0.2, 0) is 18.4 Å². The van der Waals surface area contributed by atoms with E-state index < -0.39 is 9.28 Å². The molecule has 4 nitrogen and oxygen atoms in total. The summed E-state index contributed by atoms with van der Waals surface area (Å²) in [6.07, 6.45) is 7.07. The van der Waals surface area contributed by atoms with Crippen LogP contribution in [0.15, 0.2) is 12.2 Å². The molecule has 0 aromatic carbocycles. The highest BCUT2D eigenvalue weighted by Gasteiger charge is 2.44. The molecule has 102 valence electrons.